The highest BCUT2D eigenvalue weighted by Crippen LogP contribution is 2.29. The summed E-state index contributed by atoms with van der Waals surface area (Å²) in [5.74, 6) is -0.396. The van der Waals surface area contributed by atoms with E-state index in [-0.39, 0.29) is 11.7 Å². The summed E-state index contributed by atoms with van der Waals surface area (Å²) in [6.07, 6.45) is 5.41. The smallest absolute Gasteiger partial charge is 0.262 e. The number of carbonyl (C=O) groups excluding carboxylic acids is 1. The lowest BCUT2D eigenvalue weighted by atomic mass is 10.1. The number of hydrogen-bond acceptors (Lipinski definition) is 5. The van der Waals surface area contributed by atoms with Crippen molar-refractivity contribution in [2.24, 2.45) is 0 Å². The molecule has 1 amide bonds. The van der Waals surface area contributed by atoms with Crippen LogP contribution in [0, 0.1) is 11.3 Å². The first-order chi connectivity index (χ1) is 14.2. The minimum atomic E-state index is -0.396. The molecule has 1 aliphatic rings. The first kappa shape index (κ1) is 19.1. The van der Waals surface area contributed by atoms with E-state index in [1.165, 1.54) is 0 Å². The number of nitrogens with zero attached hydrogens (tertiary/aromatic N) is 3. The van der Waals surface area contributed by atoms with Gasteiger partial charge < -0.3 is 10.1 Å². The average molecular weight is 404 g/mol. The summed E-state index contributed by atoms with van der Waals surface area (Å²) in [5, 5.41) is 19.0. The van der Waals surface area contributed by atoms with E-state index in [1.54, 1.807) is 22.1 Å². The lowest BCUT2D eigenvalue weighted by molar-refractivity contribution is -0.117. The molecular weight excluding hydrogens is 384 g/mol. The average Bonchev–Trinajstić information content (AvgIpc) is 3.52. The topological polar surface area (TPSA) is 79.9 Å². The van der Waals surface area contributed by atoms with Crippen LogP contribution in [0.4, 0.5) is 0 Å². The van der Waals surface area contributed by atoms with Gasteiger partial charge in [-0.1, -0.05) is 24.3 Å². The Labute approximate surface area is 173 Å². The van der Waals surface area contributed by atoms with Crippen LogP contribution in [0.25, 0.3) is 22.3 Å². The van der Waals surface area contributed by atoms with Gasteiger partial charge in [-0.05, 0) is 42.5 Å². The van der Waals surface area contributed by atoms with Crippen molar-refractivity contribution in [2.45, 2.75) is 18.9 Å². The van der Waals surface area contributed by atoms with Crippen LogP contribution in [0.2, 0.25) is 0 Å². The van der Waals surface area contributed by atoms with Crippen molar-refractivity contribution in [3.63, 3.8) is 0 Å². The summed E-state index contributed by atoms with van der Waals surface area (Å²) < 4.78 is 7.29. The minimum Gasteiger partial charge on any atom is -0.376 e. The highest BCUT2D eigenvalue weighted by atomic mass is 32.1. The van der Waals surface area contributed by atoms with E-state index in [1.807, 2.05) is 60.1 Å². The van der Waals surface area contributed by atoms with Gasteiger partial charge >= 0.3 is 0 Å². The third-order valence-electron chi connectivity index (χ3n) is 4.70. The minimum absolute atomic E-state index is 0.0291. The number of thiophene rings is 1. The van der Waals surface area contributed by atoms with Crippen molar-refractivity contribution in [2.75, 3.05) is 13.2 Å². The zero-order chi connectivity index (χ0) is 20.1. The van der Waals surface area contributed by atoms with Crippen LogP contribution in [0.15, 0.2) is 59.6 Å². The van der Waals surface area contributed by atoms with Gasteiger partial charge in [-0.3, -0.25) is 4.79 Å². The summed E-state index contributed by atoms with van der Waals surface area (Å²) in [6, 6.07) is 15.7. The lowest BCUT2D eigenvalue weighted by Crippen LogP contribution is -2.32. The van der Waals surface area contributed by atoms with E-state index in [4.69, 9.17) is 9.84 Å². The van der Waals surface area contributed by atoms with Gasteiger partial charge in [0.05, 0.1) is 16.7 Å². The van der Waals surface area contributed by atoms with Crippen LogP contribution in [0.5, 0.6) is 0 Å². The molecule has 1 fully saturated rings. The molecule has 1 atom stereocenters. The molecule has 1 aliphatic heterocycles. The third-order valence-corrected chi connectivity index (χ3v) is 5.57. The van der Waals surface area contributed by atoms with Crippen LogP contribution in [0.1, 0.15) is 18.4 Å². The molecule has 0 spiro atoms. The number of ether oxygens (including phenoxy) is 1. The fourth-order valence-electron chi connectivity index (χ4n) is 3.22. The maximum absolute atomic E-state index is 12.5. The number of benzene rings is 1. The Morgan fingerprint density at radius 1 is 1.34 bits per heavy atom. The molecule has 3 heterocycles. The molecule has 0 saturated carbocycles. The summed E-state index contributed by atoms with van der Waals surface area (Å²) in [7, 11) is 0. The molecule has 0 radical (unpaired) electrons. The Bertz CT molecular complexity index is 1040. The lowest BCUT2D eigenvalue weighted by Gasteiger charge is -2.10. The molecule has 0 aliphatic carbocycles. The molecule has 3 aromatic rings. The van der Waals surface area contributed by atoms with E-state index in [0.717, 1.165) is 41.3 Å². The van der Waals surface area contributed by atoms with Crippen LogP contribution >= 0.6 is 11.3 Å². The first-order valence-corrected chi connectivity index (χ1v) is 10.3. The van der Waals surface area contributed by atoms with Gasteiger partial charge in [-0.25, -0.2) is 4.68 Å². The van der Waals surface area contributed by atoms with Crippen molar-refractivity contribution >= 4 is 23.3 Å². The fraction of sp³-hybridized carbons (Fsp3) is 0.227. The van der Waals surface area contributed by atoms with E-state index in [0.29, 0.717) is 6.54 Å². The second-order valence-corrected chi connectivity index (χ2v) is 7.65. The molecule has 6 nitrogen and oxygen atoms in total. The predicted octanol–water partition coefficient (Wildman–Crippen LogP) is 3.80. The van der Waals surface area contributed by atoms with Gasteiger partial charge in [-0.2, -0.15) is 10.4 Å². The molecular formula is C22H20N4O2S. The number of rotatable bonds is 6. The van der Waals surface area contributed by atoms with Gasteiger partial charge in [-0.15, -0.1) is 11.3 Å². The van der Waals surface area contributed by atoms with Crippen molar-refractivity contribution in [1.29, 1.82) is 5.26 Å². The SMILES string of the molecule is N#C/C(=C\c1cn(-c2ccccc2)nc1-c1cccs1)C(=O)NC[C@@H]1CCCO1. The van der Waals surface area contributed by atoms with Crippen LogP contribution in [0.3, 0.4) is 0 Å². The summed E-state index contributed by atoms with van der Waals surface area (Å²) >= 11 is 1.56. The van der Waals surface area contributed by atoms with Crippen molar-refractivity contribution in [3.05, 3.63) is 65.2 Å². The monoisotopic (exact) mass is 404 g/mol. The quantitative estimate of drug-likeness (QED) is 0.501. The molecule has 146 valence electrons. The van der Waals surface area contributed by atoms with E-state index in [2.05, 4.69) is 5.32 Å². The van der Waals surface area contributed by atoms with Crippen molar-refractivity contribution < 1.29 is 9.53 Å². The van der Waals surface area contributed by atoms with E-state index >= 15 is 0 Å². The Kier molecular flexibility index (Phi) is 5.84. The van der Waals surface area contributed by atoms with Crippen molar-refractivity contribution in [3.8, 4) is 22.3 Å². The molecule has 1 N–H and O–H groups in total. The number of nitriles is 1. The maximum atomic E-state index is 12.5. The van der Waals surface area contributed by atoms with E-state index < -0.39 is 5.91 Å². The molecule has 1 saturated heterocycles. The molecule has 4 rings (SSSR count). The number of aromatic nitrogens is 2. The van der Waals surface area contributed by atoms with Gasteiger partial charge in [0.1, 0.15) is 17.3 Å². The van der Waals surface area contributed by atoms with Gasteiger partial charge in [0, 0.05) is 24.9 Å². The van der Waals surface area contributed by atoms with Gasteiger partial charge in [0.25, 0.3) is 5.91 Å². The Balaban J connectivity index is 1.63. The molecule has 29 heavy (non-hydrogen) atoms. The van der Waals surface area contributed by atoms with E-state index in [9.17, 15) is 10.1 Å². The summed E-state index contributed by atoms with van der Waals surface area (Å²) in [4.78, 5) is 13.5. The standard InChI is InChI=1S/C22H20N4O2S/c23-13-16(22(27)24-14-19-8-4-10-28-19)12-17-15-26(18-6-2-1-3-7-18)25-21(17)20-9-5-11-29-20/h1-3,5-7,9,11-12,15,19H,4,8,10,14H2,(H,24,27)/b16-12+/t19-/m0/s1. The zero-order valence-corrected chi connectivity index (χ0v) is 16.6. The molecule has 0 bridgehead atoms. The number of amides is 1. The van der Waals surface area contributed by atoms with Gasteiger partial charge in [0.15, 0.2) is 0 Å². The number of carbonyl (C=O) groups is 1. The normalized spacial score (nSPS) is 16.5. The van der Waals surface area contributed by atoms with Crippen molar-refractivity contribution in [1.82, 2.24) is 15.1 Å². The maximum Gasteiger partial charge on any atom is 0.262 e. The fourth-order valence-corrected chi connectivity index (χ4v) is 3.95. The highest BCUT2D eigenvalue weighted by Gasteiger charge is 2.19. The predicted molar refractivity (Wildman–Crippen MR) is 112 cm³/mol. The number of nitrogens with one attached hydrogen (secondary N) is 1. The van der Waals surface area contributed by atoms with Gasteiger partial charge in [0.2, 0.25) is 0 Å². The highest BCUT2D eigenvalue weighted by molar-refractivity contribution is 7.13. The van der Waals surface area contributed by atoms with Crippen LogP contribution in [-0.4, -0.2) is 34.9 Å². The Hall–Kier alpha value is -3.21. The van der Waals surface area contributed by atoms with Crippen LogP contribution in [-0.2, 0) is 9.53 Å². The second kappa shape index (κ2) is 8.86. The number of para-hydroxylation sites is 1. The Morgan fingerprint density at radius 2 is 2.21 bits per heavy atom. The first-order valence-electron chi connectivity index (χ1n) is 9.45. The molecule has 0 unspecified atom stereocenters. The second-order valence-electron chi connectivity index (χ2n) is 6.71. The zero-order valence-electron chi connectivity index (χ0n) is 15.7. The largest absolute Gasteiger partial charge is 0.376 e. The third kappa shape index (κ3) is 4.45. The number of hydrogen-bond donors (Lipinski definition) is 1. The molecule has 1 aromatic carbocycles. The Morgan fingerprint density at radius 3 is 2.90 bits per heavy atom. The van der Waals surface area contributed by atoms with Crippen LogP contribution < -0.4 is 5.32 Å². The summed E-state index contributed by atoms with van der Waals surface area (Å²) in [5.41, 5.74) is 2.42. The molecule has 7 heteroatoms. The molecule has 2 aromatic heterocycles. The summed E-state index contributed by atoms with van der Waals surface area (Å²) in [6.45, 7) is 1.14.